The highest BCUT2D eigenvalue weighted by molar-refractivity contribution is 8.45. The first-order valence-electron chi connectivity index (χ1n) is 8.39. The lowest BCUT2D eigenvalue weighted by molar-refractivity contribution is 0.364. The Labute approximate surface area is 145 Å². The zero-order valence-corrected chi connectivity index (χ0v) is 15.0. The van der Waals surface area contributed by atoms with Crippen LogP contribution in [0.5, 0.6) is 0 Å². The summed E-state index contributed by atoms with van der Waals surface area (Å²) in [6.07, 6.45) is 5.76. The van der Waals surface area contributed by atoms with E-state index >= 15 is 0 Å². The molecular formula is C19H23F5S. The molecule has 0 heterocycles. The summed E-state index contributed by atoms with van der Waals surface area (Å²) in [6, 6.07) is 11.4. The molecule has 0 spiro atoms. The Morgan fingerprint density at radius 1 is 0.600 bits per heavy atom. The minimum atomic E-state index is -9.57. The van der Waals surface area contributed by atoms with Gasteiger partial charge in [-0.15, -0.1) is 0 Å². The van der Waals surface area contributed by atoms with E-state index in [9.17, 15) is 19.4 Å². The Bertz CT molecular complexity index is 688. The summed E-state index contributed by atoms with van der Waals surface area (Å²) in [6.45, 7) is 2.16. The number of hydrogen-bond donors (Lipinski definition) is 0. The van der Waals surface area contributed by atoms with E-state index in [1.54, 1.807) is 0 Å². The molecule has 0 aliphatic carbocycles. The Morgan fingerprint density at radius 3 is 1.40 bits per heavy atom. The van der Waals surface area contributed by atoms with Crippen LogP contribution in [0.2, 0.25) is 0 Å². The third kappa shape index (κ3) is 6.34. The normalized spacial score (nSPS) is 14.8. The second-order valence-electron chi connectivity index (χ2n) is 6.39. The molecule has 0 saturated heterocycles. The van der Waals surface area contributed by atoms with Gasteiger partial charge in [-0.1, -0.05) is 75.6 Å². The average Bonchev–Trinajstić information content (AvgIpc) is 2.53. The second kappa shape index (κ2) is 6.63. The van der Waals surface area contributed by atoms with Crippen molar-refractivity contribution in [2.45, 2.75) is 50.3 Å². The second-order valence-corrected chi connectivity index (χ2v) is 8.80. The predicted molar refractivity (Wildman–Crippen MR) is 94.9 cm³/mol. The summed E-state index contributed by atoms with van der Waals surface area (Å²) in [5.74, 6) is 0. The maximum atomic E-state index is 12.7. The standard InChI is InChI=1S/C19H23F5S/c1-2-3-4-5-16-6-8-17(9-7-16)10-11-18-12-14-19(15-13-18)25(20,21,22,23)24/h6-9,12-15H,2-5,10-11H2,1H3. The van der Waals surface area contributed by atoms with Gasteiger partial charge in [-0.2, -0.15) is 0 Å². The highest BCUT2D eigenvalue weighted by Gasteiger charge is 2.65. The van der Waals surface area contributed by atoms with Crippen LogP contribution in [0.25, 0.3) is 0 Å². The molecule has 0 unspecified atom stereocenters. The van der Waals surface area contributed by atoms with Crippen molar-refractivity contribution in [1.82, 2.24) is 0 Å². The fraction of sp³-hybridized carbons (Fsp3) is 0.368. The van der Waals surface area contributed by atoms with E-state index in [2.05, 4.69) is 19.1 Å². The van der Waals surface area contributed by atoms with Gasteiger partial charge in [0.1, 0.15) is 4.90 Å². The van der Waals surface area contributed by atoms with Crippen molar-refractivity contribution in [3.63, 3.8) is 0 Å². The van der Waals surface area contributed by atoms with E-state index in [0.717, 1.165) is 30.5 Å². The summed E-state index contributed by atoms with van der Waals surface area (Å²) in [7, 11) is -9.57. The Morgan fingerprint density at radius 2 is 1.00 bits per heavy atom. The van der Waals surface area contributed by atoms with Crippen LogP contribution in [-0.2, 0) is 19.3 Å². The summed E-state index contributed by atoms with van der Waals surface area (Å²) < 4.78 is 63.4. The van der Waals surface area contributed by atoms with Crippen molar-refractivity contribution in [3.05, 3.63) is 65.2 Å². The summed E-state index contributed by atoms with van der Waals surface area (Å²) >= 11 is 0. The van der Waals surface area contributed by atoms with E-state index in [-0.39, 0.29) is 0 Å². The fourth-order valence-electron chi connectivity index (χ4n) is 2.65. The molecule has 0 bridgehead atoms. The highest BCUT2D eigenvalue weighted by Crippen LogP contribution is 3.02. The Balaban J connectivity index is 1.93. The summed E-state index contributed by atoms with van der Waals surface area (Å²) in [5.41, 5.74) is 2.96. The topological polar surface area (TPSA) is 0 Å². The molecule has 0 aromatic heterocycles. The lowest BCUT2D eigenvalue weighted by Crippen LogP contribution is -2.06. The van der Waals surface area contributed by atoms with Gasteiger partial charge in [-0.05, 0) is 54.5 Å². The van der Waals surface area contributed by atoms with Crippen molar-refractivity contribution in [3.8, 4) is 0 Å². The zero-order chi connectivity index (χ0) is 18.6. The first kappa shape index (κ1) is 19.8. The van der Waals surface area contributed by atoms with Crippen LogP contribution in [0.3, 0.4) is 0 Å². The number of rotatable bonds is 8. The Hall–Kier alpha value is -1.56. The molecular weight excluding hydrogens is 355 g/mol. The zero-order valence-electron chi connectivity index (χ0n) is 14.2. The van der Waals surface area contributed by atoms with Crippen LogP contribution < -0.4 is 0 Å². The van der Waals surface area contributed by atoms with Gasteiger partial charge in [0.15, 0.2) is 0 Å². The number of hydrogen-bond acceptors (Lipinski definition) is 0. The maximum absolute atomic E-state index is 12.7. The first-order valence-corrected chi connectivity index (χ1v) is 10.3. The van der Waals surface area contributed by atoms with Crippen LogP contribution in [0, 0.1) is 0 Å². The lowest BCUT2D eigenvalue weighted by atomic mass is 10.0. The van der Waals surface area contributed by atoms with Gasteiger partial charge in [0.25, 0.3) is 0 Å². The van der Waals surface area contributed by atoms with Gasteiger partial charge in [-0.3, -0.25) is 0 Å². The van der Waals surface area contributed by atoms with Crippen molar-refractivity contribution in [2.24, 2.45) is 0 Å². The van der Waals surface area contributed by atoms with Crippen molar-refractivity contribution in [1.29, 1.82) is 0 Å². The number of unbranched alkanes of at least 4 members (excludes halogenated alkanes) is 2. The van der Waals surface area contributed by atoms with E-state index < -0.39 is 15.1 Å². The molecule has 2 aromatic carbocycles. The van der Waals surface area contributed by atoms with Crippen LogP contribution in [0.4, 0.5) is 19.4 Å². The molecule has 6 heteroatoms. The molecule has 0 radical (unpaired) electrons. The monoisotopic (exact) mass is 378 g/mol. The van der Waals surface area contributed by atoms with Gasteiger partial charge in [0.2, 0.25) is 0 Å². The number of halogens is 5. The minimum Gasteiger partial charge on any atom is -0.0936 e. The molecule has 0 saturated carbocycles. The third-order valence-electron chi connectivity index (χ3n) is 4.16. The summed E-state index contributed by atoms with van der Waals surface area (Å²) in [4.78, 5) is -1.83. The minimum absolute atomic E-state index is 0.480. The molecule has 0 atom stereocenters. The van der Waals surface area contributed by atoms with E-state index in [1.807, 2.05) is 12.1 Å². The van der Waals surface area contributed by atoms with Gasteiger partial charge in [0.05, 0.1) is 0 Å². The smallest absolute Gasteiger partial charge is 0.0936 e. The van der Waals surface area contributed by atoms with E-state index in [0.29, 0.717) is 30.5 Å². The molecule has 0 fully saturated rings. The van der Waals surface area contributed by atoms with Gasteiger partial charge in [0, 0.05) is 0 Å². The molecule has 2 aromatic rings. The summed E-state index contributed by atoms with van der Waals surface area (Å²) in [5, 5.41) is 0. The highest BCUT2D eigenvalue weighted by atomic mass is 32.5. The quantitative estimate of drug-likeness (QED) is 0.324. The number of aryl methyl sites for hydroxylation is 3. The average molecular weight is 378 g/mol. The molecule has 140 valence electrons. The van der Waals surface area contributed by atoms with Gasteiger partial charge < -0.3 is 0 Å². The fourth-order valence-corrected chi connectivity index (χ4v) is 3.30. The molecule has 0 aliphatic heterocycles. The van der Waals surface area contributed by atoms with Crippen LogP contribution in [0.1, 0.15) is 42.9 Å². The molecule has 0 nitrogen and oxygen atoms in total. The Kier molecular flexibility index (Phi) is 5.24. The molecule has 25 heavy (non-hydrogen) atoms. The lowest BCUT2D eigenvalue weighted by Gasteiger charge is -2.40. The van der Waals surface area contributed by atoms with Crippen molar-refractivity contribution in [2.75, 3.05) is 0 Å². The predicted octanol–water partition coefficient (Wildman–Crippen LogP) is 7.86. The maximum Gasteiger partial charge on any atom is 0.310 e. The van der Waals surface area contributed by atoms with E-state index in [4.69, 9.17) is 0 Å². The first-order chi connectivity index (χ1) is 11.5. The van der Waals surface area contributed by atoms with Crippen molar-refractivity contribution < 1.29 is 19.4 Å². The number of benzene rings is 2. The molecule has 0 N–H and O–H groups in total. The van der Waals surface area contributed by atoms with E-state index in [1.165, 1.54) is 18.4 Å². The molecule has 0 aliphatic rings. The SMILES string of the molecule is CCCCCc1ccc(CCc2ccc(S(F)(F)(F)(F)F)cc2)cc1. The molecule has 0 amide bonds. The van der Waals surface area contributed by atoms with Crippen molar-refractivity contribution >= 4 is 10.2 Å². The van der Waals surface area contributed by atoms with Crippen LogP contribution in [-0.4, -0.2) is 0 Å². The van der Waals surface area contributed by atoms with Gasteiger partial charge in [-0.25, -0.2) is 0 Å². The van der Waals surface area contributed by atoms with Gasteiger partial charge >= 0.3 is 10.2 Å². The largest absolute Gasteiger partial charge is 0.310 e. The van der Waals surface area contributed by atoms with Crippen LogP contribution >= 0.6 is 10.2 Å². The molecule has 2 rings (SSSR count). The third-order valence-corrected chi connectivity index (χ3v) is 5.33. The van der Waals surface area contributed by atoms with Crippen LogP contribution in [0.15, 0.2) is 53.4 Å².